The molecule has 0 radical (unpaired) electrons. The maximum absolute atomic E-state index is 13.2. The van der Waals surface area contributed by atoms with Gasteiger partial charge in [0, 0.05) is 10.4 Å². The lowest BCUT2D eigenvalue weighted by Gasteiger charge is -2.11. The van der Waals surface area contributed by atoms with Gasteiger partial charge in [-0.2, -0.15) is 13.2 Å². The van der Waals surface area contributed by atoms with Gasteiger partial charge in [0.2, 0.25) is 0 Å². The molecule has 0 fully saturated rings. The zero-order chi connectivity index (χ0) is 19.2. The van der Waals surface area contributed by atoms with Gasteiger partial charge in [0.05, 0.1) is 19.9 Å². The zero-order valence-electron chi connectivity index (χ0n) is 13.8. The smallest absolute Gasteiger partial charge is 0.435 e. The van der Waals surface area contributed by atoms with Gasteiger partial charge < -0.3 is 14.6 Å². The summed E-state index contributed by atoms with van der Waals surface area (Å²) in [6, 6.07) is 4.79. The van der Waals surface area contributed by atoms with Crippen molar-refractivity contribution >= 4 is 22.3 Å². The van der Waals surface area contributed by atoms with Crippen LogP contribution in [0.4, 0.5) is 13.2 Å². The average molecular weight is 386 g/mol. The van der Waals surface area contributed by atoms with E-state index >= 15 is 0 Å². The van der Waals surface area contributed by atoms with E-state index in [1.165, 1.54) is 14.2 Å². The fraction of sp³-hybridized carbons (Fsp3) is 0.250. The Bertz CT molecular complexity index is 1010. The van der Waals surface area contributed by atoms with E-state index in [1.807, 2.05) is 0 Å². The number of halogens is 3. The minimum Gasteiger partial charge on any atom is -0.493 e. The predicted molar refractivity (Wildman–Crippen MR) is 88.3 cm³/mol. The summed E-state index contributed by atoms with van der Waals surface area (Å²) in [5.74, 6) is -0.887. The quantitative estimate of drug-likeness (QED) is 0.731. The van der Waals surface area contributed by atoms with Crippen LogP contribution in [0.1, 0.15) is 21.1 Å². The minimum atomic E-state index is -4.87. The summed E-state index contributed by atoms with van der Waals surface area (Å²) in [6.45, 7) is 1.68. The molecular formula is C16H13F3N2O4S. The number of carboxylic acids is 1. The average Bonchev–Trinajstić information content (AvgIpc) is 3.08. The number of methoxy groups -OCH3 is 2. The van der Waals surface area contributed by atoms with E-state index in [4.69, 9.17) is 9.47 Å². The lowest BCUT2D eigenvalue weighted by atomic mass is 10.1. The Morgan fingerprint density at radius 3 is 2.42 bits per heavy atom. The SMILES string of the molecule is COc1ccc(-c2c(C)sc3nc(C(F)(F)F)c(C(=O)O)n23)cc1OC. The lowest BCUT2D eigenvalue weighted by Crippen LogP contribution is -2.14. The molecule has 0 saturated carbocycles. The number of rotatable bonds is 4. The van der Waals surface area contributed by atoms with Gasteiger partial charge in [0.15, 0.2) is 27.8 Å². The van der Waals surface area contributed by atoms with Crippen LogP contribution in [0, 0.1) is 6.92 Å². The number of alkyl halides is 3. The Hall–Kier alpha value is -2.75. The number of aromatic nitrogens is 2. The Morgan fingerprint density at radius 1 is 1.23 bits per heavy atom. The highest BCUT2D eigenvalue weighted by Crippen LogP contribution is 2.40. The molecular weight excluding hydrogens is 373 g/mol. The van der Waals surface area contributed by atoms with Gasteiger partial charge in [-0.1, -0.05) is 0 Å². The van der Waals surface area contributed by atoms with E-state index in [9.17, 15) is 23.1 Å². The number of aryl methyl sites for hydroxylation is 1. The van der Waals surface area contributed by atoms with Crippen LogP contribution in [0.3, 0.4) is 0 Å². The van der Waals surface area contributed by atoms with Crippen molar-refractivity contribution in [2.75, 3.05) is 14.2 Å². The van der Waals surface area contributed by atoms with Crippen LogP contribution in [0.2, 0.25) is 0 Å². The molecule has 0 aliphatic carbocycles. The van der Waals surface area contributed by atoms with Crippen LogP contribution in [0.5, 0.6) is 11.5 Å². The molecule has 1 N–H and O–H groups in total. The van der Waals surface area contributed by atoms with Crippen molar-refractivity contribution in [3.63, 3.8) is 0 Å². The Balaban J connectivity index is 2.35. The predicted octanol–water partition coefficient (Wildman–Crippen LogP) is 4.11. The van der Waals surface area contributed by atoms with E-state index in [2.05, 4.69) is 4.98 Å². The number of carboxylic acid groups (broad SMARTS) is 1. The fourth-order valence-electron chi connectivity index (χ4n) is 2.73. The Kier molecular flexibility index (Phi) is 4.31. The van der Waals surface area contributed by atoms with Crippen molar-refractivity contribution in [2.45, 2.75) is 13.1 Å². The molecule has 138 valence electrons. The van der Waals surface area contributed by atoms with Crippen LogP contribution >= 0.6 is 11.3 Å². The van der Waals surface area contributed by atoms with Crippen molar-refractivity contribution < 1.29 is 32.5 Å². The van der Waals surface area contributed by atoms with Crippen molar-refractivity contribution in [3.8, 4) is 22.8 Å². The third-order valence-corrected chi connectivity index (χ3v) is 4.73. The summed E-state index contributed by atoms with van der Waals surface area (Å²) in [5, 5.41) is 9.38. The van der Waals surface area contributed by atoms with Gasteiger partial charge >= 0.3 is 12.1 Å². The molecule has 0 bridgehead atoms. The highest BCUT2D eigenvalue weighted by molar-refractivity contribution is 7.17. The molecule has 3 aromatic rings. The zero-order valence-corrected chi connectivity index (χ0v) is 14.7. The molecule has 3 rings (SSSR count). The lowest BCUT2D eigenvalue weighted by molar-refractivity contribution is -0.141. The van der Waals surface area contributed by atoms with Gasteiger partial charge in [-0.3, -0.25) is 4.40 Å². The number of imidazole rings is 1. The maximum atomic E-state index is 13.2. The van der Waals surface area contributed by atoms with Crippen molar-refractivity contribution in [3.05, 3.63) is 34.5 Å². The Morgan fingerprint density at radius 2 is 1.88 bits per heavy atom. The van der Waals surface area contributed by atoms with E-state index in [0.717, 1.165) is 15.7 Å². The van der Waals surface area contributed by atoms with Gasteiger partial charge in [-0.15, -0.1) is 11.3 Å². The topological polar surface area (TPSA) is 73.1 Å². The summed E-state index contributed by atoms with van der Waals surface area (Å²) < 4.78 is 51.0. The van der Waals surface area contributed by atoms with Crippen molar-refractivity contribution in [1.29, 1.82) is 0 Å². The van der Waals surface area contributed by atoms with Crippen molar-refractivity contribution in [2.24, 2.45) is 0 Å². The maximum Gasteiger partial charge on any atom is 0.435 e. The normalized spacial score (nSPS) is 11.8. The number of thiazole rings is 1. The molecule has 2 aromatic heterocycles. The molecule has 0 aliphatic rings. The van der Waals surface area contributed by atoms with Gasteiger partial charge in [-0.05, 0) is 25.1 Å². The second-order valence-corrected chi connectivity index (χ2v) is 6.49. The number of hydrogen-bond acceptors (Lipinski definition) is 5. The van der Waals surface area contributed by atoms with E-state index in [1.54, 1.807) is 25.1 Å². The molecule has 0 atom stereocenters. The van der Waals surface area contributed by atoms with E-state index in [0.29, 0.717) is 27.6 Å². The molecule has 1 aromatic carbocycles. The van der Waals surface area contributed by atoms with Gasteiger partial charge in [0.25, 0.3) is 0 Å². The first kappa shape index (κ1) is 18.1. The number of nitrogens with zero attached hydrogens (tertiary/aromatic N) is 2. The van der Waals surface area contributed by atoms with Crippen molar-refractivity contribution in [1.82, 2.24) is 9.38 Å². The molecule has 26 heavy (non-hydrogen) atoms. The molecule has 10 heteroatoms. The molecule has 0 saturated heterocycles. The third kappa shape index (κ3) is 2.75. The molecule has 2 heterocycles. The molecule has 0 spiro atoms. The minimum absolute atomic E-state index is 0.0444. The monoisotopic (exact) mass is 386 g/mol. The number of carbonyl (C=O) groups is 1. The van der Waals surface area contributed by atoms with Crippen LogP contribution in [0.25, 0.3) is 16.2 Å². The Labute approximate surface area is 149 Å². The van der Waals surface area contributed by atoms with Gasteiger partial charge in [0.1, 0.15) is 0 Å². The number of aromatic carboxylic acids is 1. The van der Waals surface area contributed by atoms with Crippen LogP contribution in [-0.2, 0) is 6.18 Å². The number of benzene rings is 1. The van der Waals surface area contributed by atoms with Gasteiger partial charge in [-0.25, -0.2) is 9.78 Å². The largest absolute Gasteiger partial charge is 0.493 e. The summed E-state index contributed by atoms with van der Waals surface area (Å²) in [6.07, 6.45) is -4.87. The number of hydrogen-bond donors (Lipinski definition) is 1. The van der Waals surface area contributed by atoms with E-state index in [-0.39, 0.29) is 4.96 Å². The van der Waals surface area contributed by atoms with Crippen LogP contribution in [-0.4, -0.2) is 34.7 Å². The first-order chi connectivity index (χ1) is 12.2. The van der Waals surface area contributed by atoms with E-state index < -0.39 is 23.5 Å². The second kappa shape index (κ2) is 6.20. The first-order valence-corrected chi connectivity index (χ1v) is 8.05. The van der Waals surface area contributed by atoms with Crippen LogP contribution in [0.15, 0.2) is 18.2 Å². The highest BCUT2D eigenvalue weighted by Gasteiger charge is 2.41. The molecule has 0 aliphatic heterocycles. The fourth-order valence-corrected chi connectivity index (χ4v) is 3.72. The summed E-state index contributed by atoms with van der Waals surface area (Å²) in [5.41, 5.74) is -1.54. The molecule has 0 amide bonds. The standard InChI is InChI=1S/C16H13F3N2O4S/c1-7-11(8-4-5-9(24-2)10(6-8)25-3)21-12(14(22)23)13(16(17,18)19)20-15(21)26-7/h4-6H,1-3H3,(H,22,23). The number of fused-ring (bicyclic) bond motifs is 1. The molecule has 6 nitrogen and oxygen atoms in total. The molecule has 0 unspecified atom stereocenters. The highest BCUT2D eigenvalue weighted by atomic mass is 32.1. The first-order valence-electron chi connectivity index (χ1n) is 7.23. The summed E-state index contributed by atoms with van der Waals surface area (Å²) in [4.78, 5) is 15.6. The number of ether oxygens (including phenoxy) is 2. The van der Waals surface area contributed by atoms with Crippen LogP contribution < -0.4 is 9.47 Å². The third-order valence-electron chi connectivity index (χ3n) is 3.78. The summed E-state index contributed by atoms with van der Waals surface area (Å²) in [7, 11) is 2.89. The second-order valence-electron chi connectivity index (χ2n) is 5.31. The summed E-state index contributed by atoms with van der Waals surface area (Å²) >= 11 is 0.982.